The van der Waals surface area contributed by atoms with E-state index in [9.17, 15) is 4.79 Å². The lowest BCUT2D eigenvalue weighted by Gasteiger charge is -2.14. The zero-order valence-corrected chi connectivity index (χ0v) is 39.0. The number of furan rings is 2. The number of carbonyl (C=O) groups is 1. The maximum absolute atomic E-state index is 13.2. The molecule has 5 aromatic carbocycles. The lowest BCUT2D eigenvalue weighted by Crippen LogP contribution is -2.18. The summed E-state index contributed by atoms with van der Waals surface area (Å²) < 4.78 is 11.9. The lowest BCUT2D eigenvalue weighted by atomic mass is 9.98. The molecule has 0 spiro atoms. The molecule has 0 radical (unpaired) electrons. The van der Waals surface area contributed by atoms with Gasteiger partial charge in [-0.25, -0.2) is 9.97 Å². The summed E-state index contributed by atoms with van der Waals surface area (Å²) in [6.07, 6.45) is 14.9. The van der Waals surface area contributed by atoms with E-state index in [0.717, 1.165) is 119 Å². The van der Waals surface area contributed by atoms with Gasteiger partial charge in [0.1, 0.15) is 17.1 Å². The molecule has 0 saturated carbocycles. The number of rotatable bonds is 11. The van der Waals surface area contributed by atoms with Gasteiger partial charge in [-0.2, -0.15) is 10.2 Å². The van der Waals surface area contributed by atoms with E-state index in [1.165, 1.54) is 18.4 Å². The van der Waals surface area contributed by atoms with Crippen LogP contribution in [0.5, 0.6) is 0 Å². The zero-order valence-electron chi connectivity index (χ0n) is 39.0. The van der Waals surface area contributed by atoms with Crippen molar-refractivity contribution < 1.29 is 13.6 Å². The number of hydrogen-bond donors (Lipinski definition) is 5. The minimum Gasteiger partial charge on any atom is -0.472 e. The van der Waals surface area contributed by atoms with Gasteiger partial charge in [0, 0.05) is 80.4 Å². The molecule has 1 aliphatic heterocycles. The van der Waals surface area contributed by atoms with Crippen LogP contribution in [0.25, 0.3) is 123 Å². The van der Waals surface area contributed by atoms with Gasteiger partial charge in [0.15, 0.2) is 11.6 Å². The summed E-state index contributed by atoms with van der Waals surface area (Å²) >= 11 is 0. The normalized spacial score (nSPS) is 13.0. The van der Waals surface area contributed by atoms with Crippen LogP contribution in [0.15, 0.2) is 174 Å². The minimum absolute atomic E-state index is 0.232. The Labute approximate surface area is 415 Å². The van der Waals surface area contributed by atoms with Crippen LogP contribution in [0.1, 0.15) is 28.8 Å². The van der Waals surface area contributed by atoms with Crippen molar-refractivity contribution in [2.24, 2.45) is 0 Å². The topological polar surface area (TPSA) is 199 Å². The summed E-state index contributed by atoms with van der Waals surface area (Å²) in [4.78, 5) is 42.3. The summed E-state index contributed by atoms with van der Waals surface area (Å²) in [6.45, 7) is 3.17. The van der Waals surface area contributed by atoms with Gasteiger partial charge < -0.3 is 24.1 Å². The highest BCUT2D eigenvalue weighted by atomic mass is 16.3. The van der Waals surface area contributed by atoms with Crippen molar-refractivity contribution in [2.45, 2.75) is 19.4 Å². The number of pyridine rings is 2. The highest BCUT2D eigenvalue weighted by Crippen LogP contribution is 2.41. The first-order valence-corrected chi connectivity index (χ1v) is 24.1. The summed E-state index contributed by atoms with van der Waals surface area (Å²) in [5.74, 6) is 1.60. The highest BCUT2D eigenvalue weighted by molar-refractivity contribution is 6.06. The molecule has 1 amide bonds. The van der Waals surface area contributed by atoms with Gasteiger partial charge in [0.05, 0.1) is 63.8 Å². The van der Waals surface area contributed by atoms with E-state index in [0.29, 0.717) is 34.4 Å². The fourth-order valence-electron chi connectivity index (χ4n) is 10.2. The SMILES string of the molecule is O=C(Nc1cncc(-c2cc(-c3cc(-c4cccc5[nH]c(-c6n[nH]c7ccc(-c8cncc(CN9CCCC9)c8)cc67)nc45)co3)c3[nH]nc(-c4nc5c(-c6ccoc6)cccc5[nH]4)c3c2)c1)c1ccccc1. The Morgan fingerprint density at radius 2 is 1.32 bits per heavy atom. The smallest absolute Gasteiger partial charge is 0.255 e. The molecule has 0 atom stereocenters. The largest absolute Gasteiger partial charge is 0.472 e. The molecule has 5 N–H and O–H groups in total. The quantitative estimate of drug-likeness (QED) is 0.0831. The predicted octanol–water partition coefficient (Wildman–Crippen LogP) is 12.7. The molecule has 15 nitrogen and oxygen atoms in total. The molecule has 0 unspecified atom stereocenters. The fourth-order valence-corrected chi connectivity index (χ4v) is 10.2. The molecule has 15 heteroatoms. The van der Waals surface area contributed by atoms with Crippen LogP contribution in [-0.2, 0) is 6.54 Å². The number of fused-ring (bicyclic) bond motifs is 4. The van der Waals surface area contributed by atoms with Crippen LogP contribution in [-0.4, -0.2) is 74.2 Å². The van der Waals surface area contributed by atoms with E-state index in [4.69, 9.17) is 29.0 Å². The number of nitrogens with zero attached hydrogens (tertiary/aromatic N) is 7. The standard InChI is InChI=1S/C58H42N12O3/c71-58(34-8-2-1-3-9-34)61-41-21-39(28-60-29-41)37-23-45(51-46(24-37)55(69-67-51)57-63-48-12-6-10-42(52(48)64-57)36-16-19-72-31-36)50-25-40(32-73-50)43-11-7-13-49-53(43)65-56(62-49)54-44-22-35(14-15-47(44)66-68-54)38-20-33(26-59-27-38)30-70-17-4-5-18-70/h1-3,6-16,19-29,31-32H,4-5,17-18,30H2,(H,61,71)(H,62,65)(H,63,64)(H,66,68)(H,67,69). The second kappa shape index (κ2) is 17.3. The van der Waals surface area contributed by atoms with Crippen molar-refractivity contribution in [2.75, 3.05) is 18.4 Å². The summed E-state index contributed by atoms with van der Waals surface area (Å²) in [7, 11) is 0. The molecular weight excluding hydrogens is 913 g/mol. The van der Waals surface area contributed by atoms with Crippen LogP contribution in [0.2, 0.25) is 0 Å². The van der Waals surface area contributed by atoms with Crippen LogP contribution in [0, 0.1) is 0 Å². The van der Waals surface area contributed by atoms with Gasteiger partial charge in [0.25, 0.3) is 5.91 Å². The lowest BCUT2D eigenvalue weighted by molar-refractivity contribution is 0.102. The summed E-state index contributed by atoms with van der Waals surface area (Å²) in [5, 5.41) is 21.0. The minimum atomic E-state index is -0.232. The van der Waals surface area contributed by atoms with Crippen LogP contribution < -0.4 is 5.32 Å². The average Bonchev–Trinajstić information content (AvgIpc) is 4.29. The molecular formula is C58H42N12O3. The van der Waals surface area contributed by atoms with Crippen LogP contribution in [0.4, 0.5) is 5.69 Å². The van der Waals surface area contributed by atoms with E-state index < -0.39 is 0 Å². The molecule has 8 aromatic heterocycles. The number of aromatic nitrogens is 10. The Morgan fingerprint density at radius 3 is 2.10 bits per heavy atom. The molecule has 0 bridgehead atoms. The molecule has 1 saturated heterocycles. The van der Waals surface area contributed by atoms with Crippen LogP contribution in [0.3, 0.4) is 0 Å². The van der Waals surface area contributed by atoms with Gasteiger partial charge in [-0.3, -0.25) is 29.9 Å². The van der Waals surface area contributed by atoms with Gasteiger partial charge in [-0.05, 0) is 115 Å². The predicted molar refractivity (Wildman–Crippen MR) is 282 cm³/mol. The number of hydrogen-bond acceptors (Lipinski definition) is 10. The van der Waals surface area contributed by atoms with Crippen molar-refractivity contribution in [3.63, 3.8) is 0 Å². The van der Waals surface area contributed by atoms with E-state index in [-0.39, 0.29) is 5.91 Å². The third-order valence-corrected chi connectivity index (χ3v) is 13.8. The number of amides is 1. The Morgan fingerprint density at radius 1 is 0.589 bits per heavy atom. The van der Waals surface area contributed by atoms with E-state index >= 15 is 0 Å². The van der Waals surface area contributed by atoms with Crippen molar-refractivity contribution in [1.29, 1.82) is 0 Å². The second-order valence-electron chi connectivity index (χ2n) is 18.5. The number of carbonyl (C=O) groups excluding carboxylic acids is 1. The van der Waals surface area contributed by atoms with Gasteiger partial charge in [0.2, 0.25) is 0 Å². The number of likely N-dealkylation sites (tertiary alicyclic amines) is 1. The number of anilines is 1. The molecule has 1 aliphatic rings. The molecule has 13 aromatic rings. The third kappa shape index (κ3) is 7.62. The van der Waals surface area contributed by atoms with Crippen LogP contribution >= 0.6 is 0 Å². The number of nitrogens with one attached hydrogen (secondary N) is 5. The molecule has 14 rings (SSSR count). The Hall–Kier alpha value is -9.73. The Kier molecular flexibility index (Phi) is 9.99. The molecule has 352 valence electrons. The average molecular weight is 955 g/mol. The van der Waals surface area contributed by atoms with E-state index in [1.807, 2.05) is 91.3 Å². The van der Waals surface area contributed by atoms with Crippen molar-refractivity contribution >= 4 is 55.5 Å². The number of H-pyrrole nitrogens is 4. The first-order chi connectivity index (χ1) is 36.0. The van der Waals surface area contributed by atoms with Gasteiger partial charge >= 0.3 is 0 Å². The number of imidazole rings is 2. The third-order valence-electron chi connectivity index (χ3n) is 13.8. The molecule has 1 fully saturated rings. The first-order valence-electron chi connectivity index (χ1n) is 24.1. The number of para-hydroxylation sites is 2. The summed E-state index contributed by atoms with van der Waals surface area (Å²) in [6, 6.07) is 39.7. The maximum atomic E-state index is 13.2. The van der Waals surface area contributed by atoms with Crippen molar-refractivity contribution in [3.05, 3.63) is 176 Å². The monoisotopic (exact) mass is 954 g/mol. The van der Waals surface area contributed by atoms with Gasteiger partial charge in [-0.1, -0.05) is 48.5 Å². The van der Waals surface area contributed by atoms with E-state index in [2.05, 4.69) is 70.7 Å². The fraction of sp³-hybridized carbons (Fsp3) is 0.0862. The first kappa shape index (κ1) is 42.2. The number of aromatic amines is 4. The molecule has 0 aliphatic carbocycles. The Balaban J connectivity index is 0.842. The maximum Gasteiger partial charge on any atom is 0.255 e. The van der Waals surface area contributed by atoms with Gasteiger partial charge in [-0.15, -0.1) is 0 Å². The molecule has 9 heterocycles. The highest BCUT2D eigenvalue weighted by Gasteiger charge is 2.23. The number of benzene rings is 5. The van der Waals surface area contributed by atoms with Crippen molar-refractivity contribution in [3.8, 4) is 78.9 Å². The summed E-state index contributed by atoms with van der Waals surface area (Å²) in [5.41, 5.74) is 16.7. The van der Waals surface area contributed by atoms with E-state index in [1.54, 1.807) is 43.3 Å². The zero-order chi connectivity index (χ0) is 48.4. The second-order valence-corrected chi connectivity index (χ2v) is 18.5. The molecule has 73 heavy (non-hydrogen) atoms. The Bertz CT molecular complexity index is 4210. The van der Waals surface area contributed by atoms with Crippen molar-refractivity contribution in [1.82, 2.24) is 55.2 Å².